The number of amides is 1. The van der Waals surface area contributed by atoms with Gasteiger partial charge in [-0.25, -0.2) is 13.1 Å². The Hall–Kier alpha value is -1.22. The number of thiophene rings is 1. The van der Waals surface area contributed by atoms with Crippen molar-refractivity contribution in [3.63, 3.8) is 0 Å². The van der Waals surface area contributed by atoms with Crippen molar-refractivity contribution in [2.24, 2.45) is 0 Å². The molecule has 0 fully saturated rings. The smallest absolute Gasteiger partial charge is 0.261 e. The highest BCUT2D eigenvalue weighted by molar-refractivity contribution is 9.11. The lowest BCUT2D eigenvalue weighted by Gasteiger charge is -2.07. The van der Waals surface area contributed by atoms with Gasteiger partial charge in [0.25, 0.3) is 5.91 Å². The van der Waals surface area contributed by atoms with Crippen LogP contribution in [0.15, 0.2) is 51.1 Å². The highest BCUT2D eigenvalue weighted by Crippen LogP contribution is 2.21. The third-order valence-corrected chi connectivity index (χ3v) is 5.65. The third-order valence-electron chi connectivity index (χ3n) is 2.55. The summed E-state index contributed by atoms with van der Waals surface area (Å²) in [5, 5.41) is 2.66. The highest BCUT2D eigenvalue weighted by atomic mass is 79.9. The Morgan fingerprint density at radius 3 is 2.43 bits per heavy atom. The van der Waals surface area contributed by atoms with E-state index in [0.29, 0.717) is 4.88 Å². The first-order valence-electron chi connectivity index (χ1n) is 6.07. The van der Waals surface area contributed by atoms with Gasteiger partial charge in [0.2, 0.25) is 10.0 Å². The zero-order valence-electron chi connectivity index (χ0n) is 10.9. The number of sulfonamides is 1. The van der Waals surface area contributed by atoms with E-state index in [1.165, 1.54) is 23.5 Å². The molecule has 0 bridgehead atoms. The second-order valence-electron chi connectivity index (χ2n) is 4.07. The number of carbonyl (C=O) groups excluding carboxylic acids is 1. The van der Waals surface area contributed by atoms with Crippen molar-refractivity contribution in [3.05, 3.63) is 51.1 Å². The van der Waals surface area contributed by atoms with Crippen LogP contribution in [0.4, 0.5) is 0 Å². The quantitative estimate of drug-likeness (QED) is 0.744. The summed E-state index contributed by atoms with van der Waals surface area (Å²) < 4.78 is 27.2. The summed E-state index contributed by atoms with van der Waals surface area (Å²) in [6.07, 6.45) is 0. The van der Waals surface area contributed by atoms with E-state index in [-0.39, 0.29) is 23.9 Å². The SMILES string of the molecule is O=C(NCCNS(=O)(=O)c1ccccc1)c1ccc(Br)s1. The number of halogens is 1. The molecule has 2 rings (SSSR count). The molecule has 1 aromatic heterocycles. The van der Waals surface area contributed by atoms with Gasteiger partial charge >= 0.3 is 0 Å². The average Bonchev–Trinajstić information content (AvgIpc) is 2.91. The van der Waals surface area contributed by atoms with E-state index in [9.17, 15) is 13.2 Å². The Morgan fingerprint density at radius 1 is 1.10 bits per heavy atom. The molecule has 0 spiro atoms. The van der Waals surface area contributed by atoms with Crippen molar-refractivity contribution in [1.82, 2.24) is 10.0 Å². The van der Waals surface area contributed by atoms with Gasteiger partial charge in [0.1, 0.15) is 0 Å². The lowest BCUT2D eigenvalue weighted by molar-refractivity contribution is 0.0958. The van der Waals surface area contributed by atoms with Crippen molar-refractivity contribution in [1.29, 1.82) is 0 Å². The minimum atomic E-state index is -3.52. The second-order valence-corrected chi connectivity index (χ2v) is 8.30. The fraction of sp³-hybridized carbons (Fsp3) is 0.154. The molecule has 1 aromatic carbocycles. The molecule has 0 aliphatic carbocycles. The summed E-state index contributed by atoms with van der Waals surface area (Å²) in [6.45, 7) is 0.357. The fourth-order valence-electron chi connectivity index (χ4n) is 1.57. The van der Waals surface area contributed by atoms with Gasteiger partial charge in [0.15, 0.2) is 0 Å². The highest BCUT2D eigenvalue weighted by Gasteiger charge is 2.13. The molecule has 0 atom stereocenters. The van der Waals surface area contributed by atoms with Crippen LogP contribution < -0.4 is 10.0 Å². The number of nitrogens with one attached hydrogen (secondary N) is 2. The Kier molecular flexibility index (Phi) is 5.51. The van der Waals surface area contributed by atoms with Gasteiger partial charge in [-0.2, -0.15) is 0 Å². The van der Waals surface area contributed by atoms with Crippen LogP contribution in [0.1, 0.15) is 9.67 Å². The van der Waals surface area contributed by atoms with Crippen molar-refractivity contribution in [2.75, 3.05) is 13.1 Å². The van der Waals surface area contributed by atoms with Crippen LogP contribution >= 0.6 is 27.3 Å². The first-order chi connectivity index (χ1) is 9.99. The van der Waals surface area contributed by atoms with E-state index >= 15 is 0 Å². The maximum atomic E-state index is 11.9. The van der Waals surface area contributed by atoms with E-state index in [0.717, 1.165) is 3.79 Å². The Morgan fingerprint density at radius 2 is 1.81 bits per heavy atom. The molecule has 0 saturated heterocycles. The molecule has 2 aromatic rings. The Balaban J connectivity index is 1.81. The summed E-state index contributed by atoms with van der Waals surface area (Å²) >= 11 is 4.60. The molecule has 1 heterocycles. The topological polar surface area (TPSA) is 75.3 Å². The monoisotopic (exact) mass is 388 g/mol. The Bertz CT molecular complexity index is 714. The van der Waals surface area contributed by atoms with Crippen molar-refractivity contribution in [3.8, 4) is 0 Å². The number of rotatable bonds is 6. The van der Waals surface area contributed by atoms with Crippen LogP contribution in [-0.4, -0.2) is 27.4 Å². The van der Waals surface area contributed by atoms with Gasteiger partial charge in [0.05, 0.1) is 13.6 Å². The zero-order chi connectivity index (χ0) is 15.3. The molecule has 0 radical (unpaired) electrons. The molecule has 1 amide bonds. The van der Waals surface area contributed by atoms with E-state index in [1.807, 2.05) is 0 Å². The summed E-state index contributed by atoms with van der Waals surface area (Å²) in [7, 11) is -3.52. The summed E-state index contributed by atoms with van der Waals surface area (Å²) in [4.78, 5) is 12.5. The predicted molar refractivity (Wildman–Crippen MR) is 86.0 cm³/mol. The zero-order valence-corrected chi connectivity index (χ0v) is 14.1. The van der Waals surface area contributed by atoms with E-state index < -0.39 is 10.0 Å². The second kappa shape index (κ2) is 7.17. The van der Waals surface area contributed by atoms with Crippen LogP contribution in [0.5, 0.6) is 0 Å². The van der Waals surface area contributed by atoms with Crippen molar-refractivity contribution < 1.29 is 13.2 Å². The fourth-order valence-corrected chi connectivity index (χ4v) is 3.92. The molecule has 0 saturated carbocycles. The van der Waals surface area contributed by atoms with Crippen LogP contribution in [-0.2, 0) is 10.0 Å². The summed E-state index contributed by atoms with van der Waals surface area (Å²) in [5.41, 5.74) is 0. The van der Waals surface area contributed by atoms with Gasteiger partial charge in [-0.15, -0.1) is 11.3 Å². The Labute approximate surface area is 135 Å². The molecule has 0 aliphatic rings. The number of benzene rings is 1. The minimum absolute atomic E-state index is 0.134. The van der Waals surface area contributed by atoms with Gasteiger partial charge in [0, 0.05) is 13.1 Å². The summed E-state index contributed by atoms with van der Waals surface area (Å²) in [6, 6.07) is 11.6. The number of carbonyl (C=O) groups is 1. The van der Waals surface area contributed by atoms with Crippen molar-refractivity contribution >= 4 is 43.2 Å². The third kappa shape index (κ3) is 4.63. The first kappa shape index (κ1) is 16.2. The summed E-state index contributed by atoms with van der Waals surface area (Å²) in [5.74, 6) is -0.218. The van der Waals surface area contributed by atoms with Gasteiger partial charge < -0.3 is 5.32 Å². The molecular formula is C13H13BrN2O3S2. The van der Waals surface area contributed by atoms with Crippen LogP contribution in [0.3, 0.4) is 0 Å². The molecule has 8 heteroatoms. The van der Waals surface area contributed by atoms with Crippen molar-refractivity contribution in [2.45, 2.75) is 4.90 Å². The molecule has 5 nitrogen and oxygen atoms in total. The average molecular weight is 389 g/mol. The molecule has 0 aliphatic heterocycles. The largest absolute Gasteiger partial charge is 0.350 e. The van der Waals surface area contributed by atoms with Gasteiger partial charge in [-0.05, 0) is 40.2 Å². The molecule has 2 N–H and O–H groups in total. The first-order valence-corrected chi connectivity index (χ1v) is 9.16. The van der Waals surface area contributed by atoms with E-state index in [1.54, 1.807) is 30.3 Å². The normalized spacial score (nSPS) is 11.3. The van der Waals surface area contributed by atoms with Gasteiger partial charge in [-0.1, -0.05) is 18.2 Å². The van der Waals surface area contributed by atoms with E-state index in [4.69, 9.17) is 0 Å². The minimum Gasteiger partial charge on any atom is -0.350 e. The molecular weight excluding hydrogens is 376 g/mol. The van der Waals surface area contributed by atoms with Crippen LogP contribution in [0.25, 0.3) is 0 Å². The maximum Gasteiger partial charge on any atom is 0.261 e. The van der Waals surface area contributed by atoms with E-state index in [2.05, 4.69) is 26.0 Å². The number of hydrogen-bond donors (Lipinski definition) is 2. The standard InChI is InChI=1S/C13H13BrN2O3S2/c14-12-7-6-11(20-12)13(17)15-8-9-16-21(18,19)10-4-2-1-3-5-10/h1-7,16H,8-9H2,(H,15,17). The molecule has 112 valence electrons. The van der Waals surface area contributed by atoms with Crippen LogP contribution in [0.2, 0.25) is 0 Å². The van der Waals surface area contributed by atoms with Gasteiger partial charge in [-0.3, -0.25) is 4.79 Å². The van der Waals surface area contributed by atoms with Crippen LogP contribution in [0, 0.1) is 0 Å². The molecule has 21 heavy (non-hydrogen) atoms. The lowest BCUT2D eigenvalue weighted by atomic mass is 10.4. The lowest BCUT2D eigenvalue weighted by Crippen LogP contribution is -2.34. The maximum absolute atomic E-state index is 11.9. The number of hydrogen-bond acceptors (Lipinski definition) is 4. The predicted octanol–water partition coefficient (Wildman–Crippen LogP) is 2.22. The molecule has 0 unspecified atom stereocenters.